The third-order valence-electron chi connectivity index (χ3n) is 6.22. The average Bonchev–Trinajstić information content (AvgIpc) is 2.74. The highest BCUT2D eigenvalue weighted by atomic mass is 19.1. The molecule has 0 bridgehead atoms. The lowest BCUT2D eigenvalue weighted by molar-refractivity contribution is -0.00103. The molecular formula is C22H29FN4O. The van der Waals surface area contributed by atoms with Gasteiger partial charge in [-0.15, -0.1) is 5.10 Å². The number of nitrogens with zero attached hydrogens (tertiary/aromatic N) is 3. The molecule has 2 N–H and O–H groups in total. The standard InChI is InChI=1S/C22H29FN4O/c23-19-4-1-3-17(13-19)16-6-8-20(9-7-16)28-15-18-14-27(12-10-21(18)24)22-5-2-11-25-26-22/h1-5,11,13,16,18,20-21H,6-10,12,14-15,24H2. The van der Waals surface area contributed by atoms with Crippen LogP contribution < -0.4 is 10.6 Å². The third-order valence-corrected chi connectivity index (χ3v) is 6.22. The van der Waals surface area contributed by atoms with Gasteiger partial charge in [0.05, 0.1) is 12.7 Å². The van der Waals surface area contributed by atoms with Gasteiger partial charge in [-0.3, -0.25) is 0 Å². The number of ether oxygens (including phenoxy) is 1. The zero-order valence-corrected chi connectivity index (χ0v) is 16.2. The molecule has 1 saturated carbocycles. The van der Waals surface area contributed by atoms with Gasteiger partial charge in [-0.05, 0) is 67.9 Å². The van der Waals surface area contributed by atoms with E-state index in [-0.39, 0.29) is 18.0 Å². The third kappa shape index (κ3) is 4.67. The lowest BCUT2D eigenvalue weighted by atomic mass is 9.82. The average molecular weight is 384 g/mol. The van der Waals surface area contributed by atoms with Gasteiger partial charge in [0.2, 0.25) is 0 Å². The predicted octanol–water partition coefficient (Wildman–Crippen LogP) is 3.51. The SMILES string of the molecule is NC1CCN(c2cccnn2)CC1COC1CCC(c2cccc(F)c2)CC1. The van der Waals surface area contributed by atoms with E-state index in [0.717, 1.165) is 56.6 Å². The van der Waals surface area contributed by atoms with Gasteiger partial charge in [0, 0.05) is 31.2 Å². The Morgan fingerprint density at radius 3 is 2.71 bits per heavy atom. The Kier molecular flexibility index (Phi) is 6.17. The summed E-state index contributed by atoms with van der Waals surface area (Å²) in [7, 11) is 0. The molecule has 1 aliphatic heterocycles. The van der Waals surface area contributed by atoms with Crippen molar-refractivity contribution in [3.63, 3.8) is 0 Å². The molecule has 2 atom stereocenters. The largest absolute Gasteiger partial charge is 0.378 e. The van der Waals surface area contributed by atoms with E-state index in [4.69, 9.17) is 10.5 Å². The summed E-state index contributed by atoms with van der Waals surface area (Å²) < 4.78 is 19.7. The number of rotatable bonds is 5. The molecule has 150 valence electrons. The second kappa shape index (κ2) is 8.97. The van der Waals surface area contributed by atoms with E-state index in [1.165, 1.54) is 6.07 Å². The van der Waals surface area contributed by atoms with Crippen LogP contribution in [0.3, 0.4) is 0 Å². The maximum atomic E-state index is 13.5. The van der Waals surface area contributed by atoms with Crippen LogP contribution >= 0.6 is 0 Å². The lowest BCUT2D eigenvalue weighted by Crippen LogP contribution is -2.49. The molecule has 6 heteroatoms. The van der Waals surface area contributed by atoms with Gasteiger partial charge in [-0.25, -0.2) is 4.39 Å². The molecule has 1 aliphatic carbocycles. The van der Waals surface area contributed by atoms with Crippen molar-refractivity contribution in [1.29, 1.82) is 0 Å². The number of anilines is 1. The van der Waals surface area contributed by atoms with Crippen LogP contribution in [-0.2, 0) is 4.74 Å². The normalized spacial score (nSPS) is 28.3. The molecule has 1 aromatic carbocycles. The number of halogens is 1. The van der Waals surface area contributed by atoms with Gasteiger partial charge < -0.3 is 15.4 Å². The highest BCUT2D eigenvalue weighted by Gasteiger charge is 2.30. The summed E-state index contributed by atoms with van der Waals surface area (Å²) in [5, 5.41) is 8.21. The number of hydrogen-bond donors (Lipinski definition) is 1. The zero-order valence-electron chi connectivity index (χ0n) is 16.2. The molecule has 5 nitrogen and oxygen atoms in total. The molecule has 2 unspecified atom stereocenters. The van der Waals surface area contributed by atoms with Crippen LogP contribution in [0.2, 0.25) is 0 Å². The molecule has 28 heavy (non-hydrogen) atoms. The van der Waals surface area contributed by atoms with Crippen molar-refractivity contribution in [2.75, 3.05) is 24.6 Å². The van der Waals surface area contributed by atoms with E-state index in [1.807, 2.05) is 18.2 Å². The minimum Gasteiger partial charge on any atom is -0.378 e. The maximum Gasteiger partial charge on any atom is 0.151 e. The summed E-state index contributed by atoms with van der Waals surface area (Å²) in [5.41, 5.74) is 7.49. The van der Waals surface area contributed by atoms with Crippen LogP contribution in [0.15, 0.2) is 42.6 Å². The van der Waals surface area contributed by atoms with Crippen molar-refractivity contribution in [1.82, 2.24) is 10.2 Å². The van der Waals surface area contributed by atoms with Crippen molar-refractivity contribution >= 4 is 5.82 Å². The van der Waals surface area contributed by atoms with Crippen LogP contribution in [0, 0.1) is 11.7 Å². The quantitative estimate of drug-likeness (QED) is 0.855. The van der Waals surface area contributed by atoms with E-state index in [1.54, 1.807) is 18.3 Å². The fourth-order valence-electron chi connectivity index (χ4n) is 4.48. The summed E-state index contributed by atoms with van der Waals surface area (Å²) in [6.45, 7) is 2.46. The molecule has 0 radical (unpaired) electrons. The van der Waals surface area contributed by atoms with E-state index in [9.17, 15) is 4.39 Å². The van der Waals surface area contributed by atoms with E-state index >= 15 is 0 Å². The maximum absolute atomic E-state index is 13.5. The Hall–Kier alpha value is -2.05. The predicted molar refractivity (Wildman–Crippen MR) is 108 cm³/mol. The van der Waals surface area contributed by atoms with Crippen LogP contribution in [0.1, 0.15) is 43.6 Å². The van der Waals surface area contributed by atoms with Crippen LogP contribution in [0.5, 0.6) is 0 Å². The molecule has 2 fully saturated rings. The van der Waals surface area contributed by atoms with Crippen LogP contribution in [-0.4, -0.2) is 42.0 Å². The highest BCUT2D eigenvalue weighted by molar-refractivity contribution is 5.37. The second-order valence-corrected chi connectivity index (χ2v) is 8.10. The fraction of sp³-hybridized carbons (Fsp3) is 0.545. The van der Waals surface area contributed by atoms with Gasteiger partial charge in [-0.1, -0.05) is 12.1 Å². The van der Waals surface area contributed by atoms with Gasteiger partial charge >= 0.3 is 0 Å². The van der Waals surface area contributed by atoms with Crippen molar-refractivity contribution < 1.29 is 9.13 Å². The Morgan fingerprint density at radius 1 is 1.11 bits per heavy atom. The molecule has 0 amide bonds. The van der Waals surface area contributed by atoms with Gasteiger partial charge in [0.15, 0.2) is 5.82 Å². The van der Waals surface area contributed by atoms with Crippen LogP contribution in [0.25, 0.3) is 0 Å². The van der Waals surface area contributed by atoms with Gasteiger partial charge in [-0.2, -0.15) is 5.10 Å². The number of aromatic nitrogens is 2. The Labute approximate surface area is 166 Å². The Morgan fingerprint density at radius 2 is 1.96 bits per heavy atom. The molecular weight excluding hydrogens is 355 g/mol. The first-order valence-electron chi connectivity index (χ1n) is 10.3. The van der Waals surface area contributed by atoms with Crippen molar-refractivity contribution in [2.24, 2.45) is 11.7 Å². The monoisotopic (exact) mass is 384 g/mol. The van der Waals surface area contributed by atoms with E-state index in [2.05, 4.69) is 15.1 Å². The number of benzene rings is 1. The molecule has 1 saturated heterocycles. The van der Waals surface area contributed by atoms with Crippen molar-refractivity contribution in [3.05, 3.63) is 54.0 Å². The van der Waals surface area contributed by atoms with Crippen LogP contribution in [0.4, 0.5) is 10.2 Å². The second-order valence-electron chi connectivity index (χ2n) is 8.10. The van der Waals surface area contributed by atoms with Crippen molar-refractivity contribution in [3.8, 4) is 0 Å². The van der Waals surface area contributed by atoms with Gasteiger partial charge in [0.1, 0.15) is 5.82 Å². The minimum atomic E-state index is -0.144. The molecule has 2 aromatic rings. The zero-order chi connectivity index (χ0) is 19.3. The summed E-state index contributed by atoms with van der Waals surface area (Å²) in [6.07, 6.45) is 7.07. The first kappa shape index (κ1) is 19.3. The first-order valence-corrected chi connectivity index (χ1v) is 10.3. The smallest absolute Gasteiger partial charge is 0.151 e. The highest BCUT2D eigenvalue weighted by Crippen LogP contribution is 2.34. The van der Waals surface area contributed by atoms with E-state index in [0.29, 0.717) is 18.4 Å². The summed E-state index contributed by atoms with van der Waals surface area (Å²) >= 11 is 0. The van der Waals surface area contributed by atoms with E-state index < -0.39 is 0 Å². The topological polar surface area (TPSA) is 64.3 Å². The molecule has 0 spiro atoms. The summed E-state index contributed by atoms with van der Waals surface area (Å²) in [6, 6.07) is 11.1. The Balaban J connectivity index is 1.26. The lowest BCUT2D eigenvalue weighted by Gasteiger charge is -2.38. The number of nitrogens with two attached hydrogens (primary N) is 1. The minimum absolute atomic E-state index is 0.144. The Bertz CT molecular complexity index is 751. The molecule has 2 heterocycles. The van der Waals surface area contributed by atoms with Gasteiger partial charge in [0.25, 0.3) is 0 Å². The first-order chi connectivity index (χ1) is 13.7. The molecule has 2 aliphatic rings. The number of piperidine rings is 1. The molecule has 4 rings (SSSR count). The molecule has 1 aromatic heterocycles. The van der Waals surface area contributed by atoms with Crippen molar-refractivity contribution in [2.45, 2.75) is 50.2 Å². The number of hydrogen-bond acceptors (Lipinski definition) is 5. The fourth-order valence-corrected chi connectivity index (χ4v) is 4.48. The summed E-state index contributed by atoms with van der Waals surface area (Å²) in [5.74, 6) is 1.51. The summed E-state index contributed by atoms with van der Waals surface area (Å²) in [4.78, 5) is 2.26.